The lowest BCUT2D eigenvalue weighted by Gasteiger charge is -2.35. The van der Waals surface area contributed by atoms with Crippen molar-refractivity contribution in [2.45, 2.75) is 71.4 Å². The molecular formula is C29H38F3NO2. The van der Waals surface area contributed by atoms with E-state index in [2.05, 4.69) is 18.7 Å². The SMILES string of the molecule is CC(C)CCN1CCC(c2cc(-c3ccccc3)cc(C(CC(C)C)C(=O)O)c2C(F)(F)F)CC1. The number of rotatable bonds is 9. The van der Waals surface area contributed by atoms with Crippen LogP contribution in [0.1, 0.15) is 81.9 Å². The summed E-state index contributed by atoms with van der Waals surface area (Å²) in [5.41, 5.74) is 0.878. The standard InChI is InChI=1S/C29H38F3NO2/c1-19(2)10-13-33-14-11-22(12-15-33)24-17-23(21-8-6-5-7-9-21)18-25(27(24)29(30,31)32)26(28(34)35)16-20(3)4/h5-9,17-20,22,26H,10-16H2,1-4H3,(H,34,35). The normalized spacial score (nSPS) is 16.7. The molecule has 2 aromatic carbocycles. The molecule has 192 valence electrons. The van der Waals surface area contributed by atoms with Crippen molar-refractivity contribution in [1.29, 1.82) is 0 Å². The summed E-state index contributed by atoms with van der Waals surface area (Å²) in [7, 11) is 0. The number of benzene rings is 2. The van der Waals surface area contributed by atoms with Crippen molar-refractivity contribution < 1.29 is 23.1 Å². The second-order valence-electron chi connectivity index (χ2n) is 10.7. The predicted molar refractivity (Wildman–Crippen MR) is 135 cm³/mol. The van der Waals surface area contributed by atoms with Gasteiger partial charge in [0.2, 0.25) is 0 Å². The zero-order valence-electron chi connectivity index (χ0n) is 21.2. The number of carboxylic acids is 1. The fourth-order valence-corrected chi connectivity index (χ4v) is 5.15. The van der Waals surface area contributed by atoms with Gasteiger partial charge in [0.05, 0.1) is 11.5 Å². The molecule has 1 saturated heterocycles. The van der Waals surface area contributed by atoms with Crippen LogP contribution in [-0.2, 0) is 11.0 Å². The van der Waals surface area contributed by atoms with Gasteiger partial charge in [-0.15, -0.1) is 0 Å². The minimum Gasteiger partial charge on any atom is -0.481 e. The Balaban J connectivity index is 2.11. The lowest BCUT2D eigenvalue weighted by atomic mass is 9.78. The van der Waals surface area contributed by atoms with E-state index >= 15 is 0 Å². The highest BCUT2D eigenvalue weighted by Gasteiger charge is 2.42. The van der Waals surface area contributed by atoms with Crippen LogP contribution in [0.3, 0.4) is 0 Å². The largest absolute Gasteiger partial charge is 0.481 e. The number of hydrogen-bond donors (Lipinski definition) is 1. The van der Waals surface area contributed by atoms with Gasteiger partial charge in [0, 0.05) is 0 Å². The summed E-state index contributed by atoms with van der Waals surface area (Å²) in [6.07, 6.45) is -2.12. The van der Waals surface area contributed by atoms with Crippen molar-refractivity contribution >= 4 is 5.97 Å². The van der Waals surface area contributed by atoms with Crippen LogP contribution in [-0.4, -0.2) is 35.6 Å². The summed E-state index contributed by atoms with van der Waals surface area (Å²) in [4.78, 5) is 14.6. The fraction of sp³-hybridized carbons (Fsp3) is 0.552. The molecule has 0 aliphatic carbocycles. The molecule has 1 aliphatic heterocycles. The molecule has 3 nitrogen and oxygen atoms in total. The molecule has 0 spiro atoms. The molecule has 0 radical (unpaired) electrons. The summed E-state index contributed by atoms with van der Waals surface area (Å²) in [5, 5.41) is 9.99. The maximum Gasteiger partial charge on any atom is 0.416 e. The molecule has 1 fully saturated rings. The van der Waals surface area contributed by atoms with E-state index in [9.17, 15) is 23.1 Å². The lowest BCUT2D eigenvalue weighted by molar-refractivity contribution is -0.142. The Hall–Kier alpha value is -2.34. The summed E-state index contributed by atoms with van der Waals surface area (Å²) < 4.78 is 43.9. The molecule has 0 amide bonds. The molecule has 0 aromatic heterocycles. The average molecular weight is 490 g/mol. The molecule has 6 heteroatoms. The molecule has 35 heavy (non-hydrogen) atoms. The first-order valence-corrected chi connectivity index (χ1v) is 12.7. The second-order valence-corrected chi connectivity index (χ2v) is 10.7. The third-order valence-electron chi connectivity index (χ3n) is 7.02. The minimum atomic E-state index is -4.63. The summed E-state index contributed by atoms with van der Waals surface area (Å²) >= 11 is 0. The van der Waals surface area contributed by atoms with Crippen molar-refractivity contribution in [3.63, 3.8) is 0 Å². The molecule has 0 bridgehead atoms. The first-order valence-electron chi connectivity index (χ1n) is 12.7. The van der Waals surface area contributed by atoms with Gasteiger partial charge in [0.1, 0.15) is 0 Å². The Morgan fingerprint density at radius 1 is 1.00 bits per heavy atom. The van der Waals surface area contributed by atoms with Gasteiger partial charge >= 0.3 is 12.1 Å². The summed E-state index contributed by atoms with van der Waals surface area (Å²) in [5.74, 6) is -2.13. The van der Waals surface area contributed by atoms with Crippen LogP contribution in [0.4, 0.5) is 13.2 Å². The van der Waals surface area contributed by atoms with E-state index in [1.165, 1.54) is 6.07 Å². The monoisotopic (exact) mass is 489 g/mol. The summed E-state index contributed by atoms with van der Waals surface area (Å²) in [6.45, 7) is 10.5. The Kier molecular flexibility index (Phi) is 9.03. The molecule has 1 unspecified atom stereocenters. The van der Waals surface area contributed by atoms with Gasteiger partial charge in [0.15, 0.2) is 0 Å². The van der Waals surface area contributed by atoms with Gasteiger partial charge in [0.25, 0.3) is 0 Å². The molecule has 2 aromatic rings. The second kappa shape index (κ2) is 11.6. The number of carboxylic acid groups (broad SMARTS) is 1. The maximum atomic E-state index is 14.6. The van der Waals surface area contributed by atoms with Crippen LogP contribution in [0.2, 0.25) is 0 Å². The van der Waals surface area contributed by atoms with Crippen LogP contribution in [0.25, 0.3) is 11.1 Å². The third-order valence-corrected chi connectivity index (χ3v) is 7.02. The van der Waals surface area contributed by atoms with Gasteiger partial charge in [-0.25, -0.2) is 0 Å². The predicted octanol–water partition coefficient (Wildman–Crippen LogP) is 7.81. The van der Waals surface area contributed by atoms with Crippen molar-refractivity contribution in [3.05, 3.63) is 59.2 Å². The number of likely N-dealkylation sites (tertiary alicyclic amines) is 1. The highest BCUT2D eigenvalue weighted by molar-refractivity contribution is 5.79. The van der Waals surface area contributed by atoms with Crippen LogP contribution in [0.15, 0.2) is 42.5 Å². The van der Waals surface area contributed by atoms with Gasteiger partial charge in [-0.2, -0.15) is 13.2 Å². The number of aliphatic carboxylic acids is 1. The molecule has 3 rings (SSSR count). The van der Waals surface area contributed by atoms with Crippen LogP contribution in [0, 0.1) is 11.8 Å². The van der Waals surface area contributed by atoms with E-state index in [-0.39, 0.29) is 29.4 Å². The number of hydrogen-bond acceptors (Lipinski definition) is 2. The highest BCUT2D eigenvalue weighted by atomic mass is 19.4. The first-order chi connectivity index (χ1) is 16.5. The Morgan fingerprint density at radius 3 is 2.14 bits per heavy atom. The average Bonchev–Trinajstić information content (AvgIpc) is 2.80. The Labute approximate surface area is 207 Å². The van der Waals surface area contributed by atoms with Crippen LogP contribution >= 0.6 is 0 Å². The van der Waals surface area contributed by atoms with Gasteiger partial charge in [-0.05, 0) is 91.4 Å². The van der Waals surface area contributed by atoms with Crippen LogP contribution in [0.5, 0.6) is 0 Å². The summed E-state index contributed by atoms with van der Waals surface area (Å²) in [6, 6.07) is 12.4. The maximum absolute atomic E-state index is 14.6. The van der Waals surface area contributed by atoms with Crippen molar-refractivity contribution in [2.24, 2.45) is 11.8 Å². The number of carbonyl (C=O) groups is 1. The molecule has 0 saturated carbocycles. The van der Waals surface area contributed by atoms with Gasteiger partial charge in [-0.3, -0.25) is 4.79 Å². The van der Waals surface area contributed by atoms with Gasteiger partial charge < -0.3 is 10.0 Å². The van der Waals surface area contributed by atoms with Gasteiger partial charge in [-0.1, -0.05) is 64.1 Å². The first kappa shape index (κ1) is 27.3. The number of halogens is 3. The van der Waals surface area contributed by atoms with E-state index in [1.54, 1.807) is 6.07 Å². The molecular weight excluding hydrogens is 451 g/mol. The Bertz CT molecular complexity index is 977. The minimum absolute atomic E-state index is 0.0507. The van der Waals surface area contributed by atoms with Crippen molar-refractivity contribution in [3.8, 4) is 11.1 Å². The van der Waals surface area contributed by atoms with E-state index < -0.39 is 23.6 Å². The smallest absolute Gasteiger partial charge is 0.416 e. The zero-order chi connectivity index (χ0) is 25.8. The third kappa shape index (κ3) is 7.09. The zero-order valence-corrected chi connectivity index (χ0v) is 21.2. The van der Waals surface area contributed by atoms with Crippen LogP contribution < -0.4 is 0 Å². The number of nitrogens with zero attached hydrogens (tertiary/aromatic N) is 1. The van der Waals surface area contributed by atoms with E-state index in [4.69, 9.17) is 0 Å². The topological polar surface area (TPSA) is 40.5 Å². The van der Waals surface area contributed by atoms with E-state index in [0.717, 1.165) is 31.6 Å². The fourth-order valence-electron chi connectivity index (χ4n) is 5.15. The molecule has 1 atom stereocenters. The van der Waals surface area contributed by atoms with E-state index in [1.807, 2.05) is 44.2 Å². The molecule has 1 aliphatic rings. The lowest BCUT2D eigenvalue weighted by Crippen LogP contribution is -2.35. The Morgan fingerprint density at radius 2 is 1.63 bits per heavy atom. The highest BCUT2D eigenvalue weighted by Crippen LogP contribution is 2.46. The molecule has 1 heterocycles. The number of piperidine rings is 1. The van der Waals surface area contributed by atoms with E-state index in [0.29, 0.717) is 24.3 Å². The van der Waals surface area contributed by atoms with Crippen molar-refractivity contribution in [1.82, 2.24) is 4.90 Å². The van der Waals surface area contributed by atoms with Crippen molar-refractivity contribution in [2.75, 3.05) is 19.6 Å². The quantitative estimate of drug-likeness (QED) is 0.390. The number of alkyl halides is 3. The molecule has 1 N–H and O–H groups in total.